The van der Waals surface area contributed by atoms with E-state index in [0.717, 1.165) is 30.6 Å². The van der Waals surface area contributed by atoms with Gasteiger partial charge < -0.3 is 14.5 Å². The number of hydrogen-bond donors (Lipinski definition) is 2. The number of H-pyrrole nitrogens is 1. The molecule has 0 spiro atoms. The summed E-state index contributed by atoms with van der Waals surface area (Å²) in [5, 5.41) is 3.26. The maximum absolute atomic E-state index is 11.0. The van der Waals surface area contributed by atoms with Gasteiger partial charge in [0.15, 0.2) is 5.58 Å². The SMILES string of the molecule is COCCNCCc1ccc2[nH]c(=O)oc2c1. The molecular weight excluding hydrogens is 220 g/mol. The summed E-state index contributed by atoms with van der Waals surface area (Å²) in [7, 11) is 1.68. The van der Waals surface area contributed by atoms with E-state index in [1.807, 2.05) is 18.2 Å². The second kappa shape index (κ2) is 5.65. The van der Waals surface area contributed by atoms with Crippen LogP contribution in [0.15, 0.2) is 27.4 Å². The molecule has 2 N–H and O–H groups in total. The van der Waals surface area contributed by atoms with E-state index in [9.17, 15) is 4.79 Å². The normalized spacial score (nSPS) is 11.1. The second-order valence-corrected chi connectivity index (χ2v) is 3.84. The first-order valence-electron chi connectivity index (χ1n) is 5.61. The Balaban J connectivity index is 1.92. The van der Waals surface area contributed by atoms with Crippen LogP contribution in [0.1, 0.15) is 5.56 Å². The van der Waals surface area contributed by atoms with Crippen molar-refractivity contribution in [1.82, 2.24) is 10.3 Å². The molecule has 0 unspecified atom stereocenters. The Morgan fingerprint density at radius 3 is 3.12 bits per heavy atom. The van der Waals surface area contributed by atoms with Gasteiger partial charge in [0.2, 0.25) is 0 Å². The fourth-order valence-electron chi connectivity index (χ4n) is 1.68. The van der Waals surface area contributed by atoms with E-state index in [0.29, 0.717) is 12.2 Å². The Morgan fingerprint density at radius 1 is 1.41 bits per heavy atom. The third-order valence-electron chi connectivity index (χ3n) is 2.56. The molecule has 0 aliphatic carbocycles. The van der Waals surface area contributed by atoms with Crippen LogP contribution < -0.4 is 11.1 Å². The molecule has 5 nitrogen and oxygen atoms in total. The van der Waals surface area contributed by atoms with Crippen LogP contribution in [0.4, 0.5) is 0 Å². The van der Waals surface area contributed by atoms with Crippen LogP contribution in [0.2, 0.25) is 0 Å². The lowest BCUT2D eigenvalue weighted by Crippen LogP contribution is -2.21. The van der Waals surface area contributed by atoms with Crippen LogP contribution in [-0.2, 0) is 11.2 Å². The van der Waals surface area contributed by atoms with Crippen molar-refractivity contribution in [3.05, 3.63) is 34.3 Å². The maximum Gasteiger partial charge on any atom is 0.417 e. The first kappa shape index (κ1) is 11.9. The van der Waals surface area contributed by atoms with Gasteiger partial charge in [0.1, 0.15) is 0 Å². The number of methoxy groups -OCH3 is 1. The van der Waals surface area contributed by atoms with Crippen molar-refractivity contribution >= 4 is 11.1 Å². The van der Waals surface area contributed by atoms with Crippen LogP contribution >= 0.6 is 0 Å². The zero-order chi connectivity index (χ0) is 12.1. The van der Waals surface area contributed by atoms with Gasteiger partial charge >= 0.3 is 5.76 Å². The third kappa shape index (κ3) is 3.18. The van der Waals surface area contributed by atoms with Crippen molar-refractivity contribution in [3.8, 4) is 0 Å². The molecular formula is C12H16N2O3. The minimum absolute atomic E-state index is 0.407. The van der Waals surface area contributed by atoms with E-state index in [2.05, 4.69) is 10.3 Å². The molecule has 0 amide bonds. The average Bonchev–Trinajstić information content (AvgIpc) is 2.68. The van der Waals surface area contributed by atoms with Gasteiger partial charge in [-0.1, -0.05) is 6.07 Å². The maximum atomic E-state index is 11.0. The number of aromatic nitrogens is 1. The highest BCUT2D eigenvalue weighted by molar-refractivity contribution is 5.72. The van der Waals surface area contributed by atoms with E-state index in [1.54, 1.807) is 7.11 Å². The third-order valence-corrected chi connectivity index (χ3v) is 2.56. The van der Waals surface area contributed by atoms with Crippen LogP contribution in [0.3, 0.4) is 0 Å². The van der Waals surface area contributed by atoms with Crippen LogP contribution in [0.25, 0.3) is 11.1 Å². The molecule has 0 bridgehead atoms. The topological polar surface area (TPSA) is 67.3 Å². The minimum atomic E-state index is -0.407. The van der Waals surface area contributed by atoms with Gasteiger partial charge in [-0.15, -0.1) is 0 Å². The molecule has 1 heterocycles. The summed E-state index contributed by atoms with van der Waals surface area (Å²) in [5.41, 5.74) is 2.50. The molecule has 1 aromatic carbocycles. The van der Waals surface area contributed by atoms with Gasteiger partial charge in [-0.05, 0) is 30.7 Å². The van der Waals surface area contributed by atoms with Crippen molar-refractivity contribution in [2.75, 3.05) is 26.8 Å². The van der Waals surface area contributed by atoms with Crippen molar-refractivity contribution in [2.45, 2.75) is 6.42 Å². The highest BCUT2D eigenvalue weighted by atomic mass is 16.5. The van der Waals surface area contributed by atoms with Crippen LogP contribution in [0.5, 0.6) is 0 Å². The molecule has 0 atom stereocenters. The first-order chi connectivity index (χ1) is 8.29. The predicted octanol–water partition coefficient (Wildman–Crippen LogP) is 0.900. The fourth-order valence-corrected chi connectivity index (χ4v) is 1.68. The highest BCUT2D eigenvalue weighted by Gasteiger charge is 2.01. The summed E-state index contributed by atoms with van der Waals surface area (Å²) in [6, 6.07) is 5.75. The number of hydrogen-bond acceptors (Lipinski definition) is 4. The van der Waals surface area contributed by atoms with Crippen LogP contribution in [0, 0.1) is 0 Å². The molecule has 0 aliphatic rings. The Bertz CT molecular complexity index is 530. The largest absolute Gasteiger partial charge is 0.417 e. The van der Waals surface area contributed by atoms with Gasteiger partial charge in [0.25, 0.3) is 0 Å². The lowest BCUT2D eigenvalue weighted by Gasteiger charge is -2.03. The van der Waals surface area contributed by atoms with Crippen molar-refractivity contribution in [2.24, 2.45) is 0 Å². The Morgan fingerprint density at radius 2 is 2.29 bits per heavy atom. The van der Waals surface area contributed by atoms with E-state index >= 15 is 0 Å². The number of benzene rings is 1. The minimum Gasteiger partial charge on any atom is -0.408 e. The number of nitrogens with one attached hydrogen (secondary N) is 2. The number of oxazole rings is 1. The smallest absolute Gasteiger partial charge is 0.408 e. The molecule has 0 radical (unpaired) electrons. The number of rotatable bonds is 6. The highest BCUT2D eigenvalue weighted by Crippen LogP contribution is 2.12. The van der Waals surface area contributed by atoms with Crippen molar-refractivity contribution in [1.29, 1.82) is 0 Å². The van der Waals surface area contributed by atoms with E-state index in [4.69, 9.17) is 9.15 Å². The molecule has 92 valence electrons. The summed E-state index contributed by atoms with van der Waals surface area (Å²) < 4.78 is 9.94. The molecule has 2 aromatic rings. The lowest BCUT2D eigenvalue weighted by atomic mass is 10.1. The van der Waals surface area contributed by atoms with Gasteiger partial charge in [-0.3, -0.25) is 4.98 Å². The van der Waals surface area contributed by atoms with E-state index < -0.39 is 5.76 Å². The summed E-state index contributed by atoms with van der Waals surface area (Å²) in [4.78, 5) is 13.6. The number of aromatic amines is 1. The van der Waals surface area contributed by atoms with Crippen LogP contribution in [-0.4, -0.2) is 31.8 Å². The van der Waals surface area contributed by atoms with Crippen molar-refractivity contribution in [3.63, 3.8) is 0 Å². The molecule has 0 saturated heterocycles. The van der Waals surface area contributed by atoms with Crippen molar-refractivity contribution < 1.29 is 9.15 Å². The zero-order valence-corrected chi connectivity index (χ0v) is 9.79. The van der Waals surface area contributed by atoms with Gasteiger partial charge in [0, 0.05) is 13.7 Å². The standard InChI is InChI=1S/C12H16N2O3/c1-16-7-6-13-5-4-9-2-3-10-11(8-9)17-12(15)14-10/h2-3,8,13H,4-7H2,1H3,(H,14,15). The predicted molar refractivity (Wildman–Crippen MR) is 65.3 cm³/mol. The number of fused-ring (bicyclic) bond motifs is 1. The second-order valence-electron chi connectivity index (χ2n) is 3.84. The fraction of sp³-hybridized carbons (Fsp3) is 0.417. The van der Waals surface area contributed by atoms with Gasteiger partial charge in [-0.25, -0.2) is 4.79 Å². The summed E-state index contributed by atoms with van der Waals surface area (Å²) >= 11 is 0. The molecule has 2 rings (SSSR count). The molecule has 0 fully saturated rings. The molecule has 1 aromatic heterocycles. The quantitative estimate of drug-likeness (QED) is 0.731. The van der Waals surface area contributed by atoms with E-state index in [1.165, 1.54) is 0 Å². The zero-order valence-electron chi connectivity index (χ0n) is 9.79. The summed E-state index contributed by atoms with van der Waals surface area (Å²) in [6.45, 7) is 2.44. The first-order valence-corrected chi connectivity index (χ1v) is 5.61. The Kier molecular flexibility index (Phi) is 3.95. The monoisotopic (exact) mass is 236 g/mol. The molecule has 5 heteroatoms. The molecule has 17 heavy (non-hydrogen) atoms. The molecule has 0 saturated carbocycles. The van der Waals surface area contributed by atoms with Gasteiger partial charge in [0.05, 0.1) is 12.1 Å². The number of ether oxygens (including phenoxy) is 1. The average molecular weight is 236 g/mol. The van der Waals surface area contributed by atoms with E-state index in [-0.39, 0.29) is 0 Å². The lowest BCUT2D eigenvalue weighted by molar-refractivity contribution is 0.199. The van der Waals surface area contributed by atoms with Gasteiger partial charge in [-0.2, -0.15) is 0 Å². The summed E-state index contributed by atoms with van der Waals surface area (Å²) in [6.07, 6.45) is 0.897. The summed E-state index contributed by atoms with van der Waals surface area (Å²) in [5.74, 6) is -0.407. The Hall–Kier alpha value is -1.59. The molecule has 0 aliphatic heterocycles. The Labute approximate surface area is 98.8 Å².